The molecule has 0 spiro atoms. The Bertz CT molecular complexity index is 1290. The molecule has 5 rings (SSSR count). The lowest BCUT2D eigenvalue weighted by molar-refractivity contribution is -0.143. The maximum atomic E-state index is 12.6. The highest BCUT2D eigenvalue weighted by Crippen LogP contribution is 2.42. The first-order valence-electron chi connectivity index (χ1n) is 12.3. The van der Waals surface area contributed by atoms with Crippen LogP contribution >= 0.6 is 0 Å². The number of pyridine rings is 1. The van der Waals surface area contributed by atoms with Gasteiger partial charge >= 0.3 is 12.1 Å². The summed E-state index contributed by atoms with van der Waals surface area (Å²) in [6.45, 7) is 2.01. The van der Waals surface area contributed by atoms with Crippen molar-refractivity contribution in [3.8, 4) is 5.88 Å². The minimum atomic E-state index is -0.752. The third-order valence-corrected chi connectivity index (χ3v) is 7.39. The Labute approximate surface area is 209 Å². The molecule has 3 heterocycles. The molecule has 0 saturated heterocycles. The molecule has 10 nitrogen and oxygen atoms in total. The molecular formula is C26H31N5O5. The fraction of sp³-hybridized carbons (Fsp3) is 0.462. The number of nitrogens with zero attached hydrogens (tertiary/aromatic N) is 4. The average Bonchev–Trinajstić information content (AvgIpc) is 3.26. The fourth-order valence-corrected chi connectivity index (χ4v) is 5.56. The molecule has 2 aliphatic rings. The van der Waals surface area contributed by atoms with E-state index in [0.717, 1.165) is 53.7 Å². The molecule has 2 aromatic heterocycles. The molecule has 3 aromatic rings. The number of aryl methyl sites for hydroxylation is 1. The summed E-state index contributed by atoms with van der Waals surface area (Å²) in [6.07, 6.45) is 5.80. The van der Waals surface area contributed by atoms with Crippen LogP contribution in [0.5, 0.6) is 5.88 Å². The molecule has 10 heteroatoms. The smallest absolute Gasteiger partial charge is 0.414 e. The highest BCUT2D eigenvalue weighted by Gasteiger charge is 2.34. The van der Waals surface area contributed by atoms with Crippen molar-refractivity contribution in [3.05, 3.63) is 36.0 Å². The van der Waals surface area contributed by atoms with E-state index in [2.05, 4.69) is 14.9 Å². The van der Waals surface area contributed by atoms with E-state index in [4.69, 9.17) is 14.5 Å². The number of nitrogens with one attached hydrogen (secondary N) is 1. The summed E-state index contributed by atoms with van der Waals surface area (Å²) < 4.78 is 12.4. The molecule has 36 heavy (non-hydrogen) atoms. The second kappa shape index (κ2) is 9.67. The number of hydrogen-bond acceptors (Lipinski definition) is 7. The molecular weight excluding hydrogens is 462 g/mol. The van der Waals surface area contributed by atoms with Gasteiger partial charge in [0.15, 0.2) is 0 Å². The van der Waals surface area contributed by atoms with E-state index >= 15 is 0 Å². The van der Waals surface area contributed by atoms with Crippen molar-refractivity contribution in [2.24, 2.45) is 5.92 Å². The van der Waals surface area contributed by atoms with Gasteiger partial charge in [0.05, 0.1) is 48.7 Å². The first kappa shape index (κ1) is 23.9. The van der Waals surface area contributed by atoms with E-state index in [1.807, 2.05) is 25.1 Å². The Morgan fingerprint density at radius 1 is 1.14 bits per heavy atom. The van der Waals surface area contributed by atoms with Gasteiger partial charge in [-0.25, -0.2) is 14.8 Å². The summed E-state index contributed by atoms with van der Waals surface area (Å²) in [6, 6.07) is 7.58. The molecule has 1 unspecified atom stereocenters. The summed E-state index contributed by atoms with van der Waals surface area (Å²) in [5.74, 6) is 0.00411. The number of carboxylic acid groups (broad SMARTS) is 1. The largest absolute Gasteiger partial charge is 0.481 e. The zero-order valence-electron chi connectivity index (χ0n) is 20.7. The number of ether oxygens (including phenoxy) is 2. The second-order valence-corrected chi connectivity index (χ2v) is 9.53. The van der Waals surface area contributed by atoms with Crippen molar-refractivity contribution < 1.29 is 24.2 Å². The van der Waals surface area contributed by atoms with E-state index in [0.29, 0.717) is 24.7 Å². The minimum Gasteiger partial charge on any atom is -0.481 e. The number of carboxylic acids is 1. The summed E-state index contributed by atoms with van der Waals surface area (Å²) in [5, 5.41) is 13.1. The number of carbonyl (C=O) groups is 2. The van der Waals surface area contributed by atoms with Crippen molar-refractivity contribution >= 4 is 40.4 Å². The lowest BCUT2D eigenvalue weighted by atomic mass is 9.85. The molecule has 1 saturated carbocycles. The van der Waals surface area contributed by atoms with Crippen LogP contribution in [0.3, 0.4) is 0 Å². The number of fused-ring (bicyclic) bond motifs is 3. The van der Waals surface area contributed by atoms with Gasteiger partial charge in [-0.05, 0) is 57.2 Å². The topological polar surface area (TPSA) is 119 Å². The number of carbonyl (C=O) groups excluding carboxylic acids is 1. The van der Waals surface area contributed by atoms with Crippen molar-refractivity contribution in [2.45, 2.75) is 57.5 Å². The maximum absolute atomic E-state index is 12.6. The quantitative estimate of drug-likeness (QED) is 0.515. The van der Waals surface area contributed by atoms with E-state index in [1.165, 1.54) is 7.11 Å². The number of anilines is 3. The fourth-order valence-electron chi connectivity index (χ4n) is 5.56. The van der Waals surface area contributed by atoms with Crippen molar-refractivity contribution in [1.82, 2.24) is 14.5 Å². The average molecular weight is 494 g/mol. The van der Waals surface area contributed by atoms with Gasteiger partial charge in [-0.15, -0.1) is 0 Å². The zero-order chi connectivity index (χ0) is 25.4. The Kier molecular flexibility index (Phi) is 6.42. The Morgan fingerprint density at radius 3 is 2.67 bits per heavy atom. The summed E-state index contributed by atoms with van der Waals surface area (Å²) in [4.78, 5) is 35.4. The monoisotopic (exact) mass is 493 g/mol. The van der Waals surface area contributed by atoms with E-state index < -0.39 is 5.97 Å². The molecule has 0 radical (unpaired) electrons. The predicted octanol–water partition coefficient (Wildman–Crippen LogP) is 4.91. The first-order chi connectivity index (χ1) is 17.4. The number of aromatic nitrogens is 3. The number of benzene rings is 1. The summed E-state index contributed by atoms with van der Waals surface area (Å²) in [7, 11) is 2.96. The number of aliphatic carboxylic acids is 1. The van der Waals surface area contributed by atoms with Crippen LogP contribution in [0.25, 0.3) is 11.0 Å². The highest BCUT2D eigenvalue weighted by atomic mass is 16.5. The van der Waals surface area contributed by atoms with Gasteiger partial charge in [0.25, 0.3) is 0 Å². The van der Waals surface area contributed by atoms with Crippen molar-refractivity contribution in [1.29, 1.82) is 0 Å². The van der Waals surface area contributed by atoms with Gasteiger partial charge in [-0.2, -0.15) is 0 Å². The molecule has 0 bridgehead atoms. The van der Waals surface area contributed by atoms with Gasteiger partial charge in [0.2, 0.25) is 11.8 Å². The highest BCUT2D eigenvalue weighted by molar-refractivity contribution is 5.96. The number of methoxy groups -OCH3 is 2. The normalized spacial score (nSPS) is 21.6. The van der Waals surface area contributed by atoms with Crippen LogP contribution in [0.1, 0.15) is 50.6 Å². The number of rotatable bonds is 5. The van der Waals surface area contributed by atoms with Gasteiger partial charge in [0.1, 0.15) is 0 Å². The number of imidazole rings is 1. The van der Waals surface area contributed by atoms with Gasteiger partial charge in [0, 0.05) is 23.7 Å². The second-order valence-electron chi connectivity index (χ2n) is 9.53. The van der Waals surface area contributed by atoms with Gasteiger partial charge < -0.3 is 24.5 Å². The molecule has 1 aliphatic carbocycles. The summed E-state index contributed by atoms with van der Waals surface area (Å²) >= 11 is 0. The summed E-state index contributed by atoms with van der Waals surface area (Å²) in [5.41, 5.74) is 4.29. The molecule has 190 valence electrons. The SMILES string of the molecule is COC(=O)N1c2ccc3c(nc(Nc4ccc(OC)nc4)n3[C@@H]3CCC[C@@H](C(=O)O)C3)c2CCC1C. The van der Waals surface area contributed by atoms with E-state index in [9.17, 15) is 14.7 Å². The van der Waals surface area contributed by atoms with Crippen LogP contribution in [-0.2, 0) is 16.0 Å². The van der Waals surface area contributed by atoms with Crippen LogP contribution in [0.2, 0.25) is 0 Å². The van der Waals surface area contributed by atoms with E-state index in [-0.39, 0.29) is 24.1 Å². The van der Waals surface area contributed by atoms with Gasteiger partial charge in [-0.3, -0.25) is 9.69 Å². The van der Waals surface area contributed by atoms with Crippen molar-refractivity contribution in [2.75, 3.05) is 24.4 Å². The van der Waals surface area contributed by atoms with Crippen LogP contribution in [-0.4, -0.2) is 52.0 Å². The predicted molar refractivity (Wildman–Crippen MR) is 135 cm³/mol. The third-order valence-electron chi connectivity index (χ3n) is 7.39. The molecule has 1 fully saturated rings. The van der Waals surface area contributed by atoms with Gasteiger partial charge in [-0.1, -0.05) is 6.42 Å². The Morgan fingerprint density at radius 2 is 1.97 bits per heavy atom. The lowest BCUT2D eigenvalue weighted by Crippen LogP contribution is -2.42. The molecule has 1 aromatic carbocycles. The molecule has 3 atom stereocenters. The minimum absolute atomic E-state index is 0.0159. The molecule has 1 aliphatic heterocycles. The Balaban J connectivity index is 1.63. The molecule has 2 N–H and O–H groups in total. The first-order valence-corrected chi connectivity index (χ1v) is 12.3. The number of amides is 1. The molecule has 1 amide bonds. The van der Waals surface area contributed by atoms with Crippen LogP contribution in [0.4, 0.5) is 22.1 Å². The van der Waals surface area contributed by atoms with Crippen LogP contribution < -0.4 is 15.0 Å². The van der Waals surface area contributed by atoms with Crippen molar-refractivity contribution in [3.63, 3.8) is 0 Å². The third kappa shape index (κ3) is 4.20. The number of hydrogen-bond donors (Lipinski definition) is 2. The Hall–Kier alpha value is -3.82. The van der Waals surface area contributed by atoms with E-state index in [1.54, 1.807) is 24.3 Å². The van der Waals surface area contributed by atoms with Crippen LogP contribution in [0.15, 0.2) is 30.5 Å². The van der Waals surface area contributed by atoms with Crippen LogP contribution in [0, 0.1) is 5.92 Å². The standard InChI is InChI=1S/C26H31N5O5/c1-15-7-9-19-20(30(15)26(34)36-3)10-11-21-23(19)29-25(28-17-8-12-22(35-2)27-14-17)31(21)18-6-4-5-16(13-18)24(32)33/h8,10-12,14-16,18H,4-7,9,13H2,1-3H3,(H,28,29)(H,32,33)/t15?,16-,18-/m1/s1. The maximum Gasteiger partial charge on any atom is 0.414 e. The lowest BCUT2D eigenvalue weighted by Gasteiger charge is -2.34. The zero-order valence-corrected chi connectivity index (χ0v) is 20.7.